The van der Waals surface area contributed by atoms with Crippen LogP contribution in [-0.2, 0) is 6.54 Å². The van der Waals surface area contributed by atoms with Crippen LogP contribution < -0.4 is 15.6 Å². The number of anilines is 1. The Morgan fingerprint density at radius 2 is 2.06 bits per heavy atom. The lowest BCUT2D eigenvalue weighted by Crippen LogP contribution is -2.14. The van der Waals surface area contributed by atoms with Crippen LogP contribution in [0.2, 0.25) is 0 Å². The normalized spacial score (nSPS) is 10.1. The van der Waals surface area contributed by atoms with E-state index < -0.39 is 0 Å². The molecule has 0 bridgehead atoms. The van der Waals surface area contributed by atoms with Gasteiger partial charge in [-0.25, -0.2) is 4.98 Å². The van der Waals surface area contributed by atoms with E-state index in [4.69, 9.17) is 4.74 Å². The Morgan fingerprint density at radius 1 is 1.33 bits per heavy atom. The van der Waals surface area contributed by atoms with Crippen molar-refractivity contribution in [1.82, 2.24) is 9.97 Å². The SMILES string of the molecule is COc1c(NCc2ccc(C)cc2)nc[nH]c1=O. The lowest BCUT2D eigenvalue weighted by atomic mass is 10.1. The fraction of sp³-hybridized carbons (Fsp3) is 0.231. The van der Waals surface area contributed by atoms with Crippen LogP contribution in [0, 0.1) is 6.92 Å². The standard InChI is InChI=1S/C13H15N3O2/c1-9-3-5-10(6-4-9)7-14-12-11(18-2)13(17)16-8-15-12/h3-6,8H,7H2,1-2H3,(H2,14,15,16,17). The predicted octanol–water partition coefficient (Wildman–Crippen LogP) is 1.70. The predicted molar refractivity (Wildman–Crippen MR) is 69.9 cm³/mol. The second kappa shape index (κ2) is 5.35. The molecule has 2 N–H and O–H groups in total. The molecule has 0 atom stereocenters. The third-order valence-electron chi connectivity index (χ3n) is 2.60. The maximum absolute atomic E-state index is 11.5. The van der Waals surface area contributed by atoms with Crippen LogP contribution in [-0.4, -0.2) is 17.1 Å². The molecule has 0 spiro atoms. The minimum absolute atomic E-state index is 0.199. The summed E-state index contributed by atoms with van der Waals surface area (Å²) >= 11 is 0. The van der Waals surface area contributed by atoms with Gasteiger partial charge in [0.25, 0.3) is 5.56 Å². The molecule has 94 valence electrons. The maximum atomic E-state index is 11.5. The van der Waals surface area contributed by atoms with Gasteiger partial charge < -0.3 is 15.0 Å². The van der Waals surface area contributed by atoms with Crippen LogP contribution >= 0.6 is 0 Å². The van der Waals surface area contributed by atoms with Gasteiger partial charge in [0.2, 0.25) is 5.75 Å². The van der Waals surface area contributed by atoms with Gasteiger partial charge in [-0.2, -0.15) is 0 Å². The molecule has 1 aromatic carbocycles. The smallest absolute Gasteiger partial charge is 0.295 e. The number of aryl methyl sites for hydroxylation is 1. The number of nitrogens with one attached hydrogen (secondary N) is 2. The molecule has 0 aliphatic carbocycles. The molecule has 0 aliphatic heterocycles. The third kappa shape index (κ3) is 2.68. The molecule has 18 heavy (non-hydrogen) atoms. The van der Waals surface area contributed by atoms with Crippen molar-refractivity contribution in [3.05, 3.63) is 52.1 Å². The summed E-state index contributed by atoms with van der Waals surface area (Å²) in [6, 6.07) is 8.14. The number of aromatic nitrogens is 2. The van der Waals surface area contributed by atoms with Crippen molar-refractivity contribution < 1.29 is 4.74 Å². The summed E-state index contributed by atoms with van der Waals surface area (Å²) in [5, 5.41) is 3.08. The highest BCUT2D eigenvalue weighted by Gasteiger charge is 2.07. The number of benzene rings is 1. The van der Waals surface area contributed by atoms with Crippen LogP contribution in [0.5, 0.6) is 5.75 Å². The van der Waals surface area contributed by atoms with E-state index in [1.54, 1.807) is 0 Å². The molecule has 0 amide bonds. The molecule has 2 aromatic rings. The molecular formula is C13H15N3O2. The van der Waals surface area contributed by atoms with E-state index >= 15 is 0 Å². The zero-order valence-electron chi connectivity index (χ0n) is 10.4. The van der Waals surface area contributed by atoms with E-state index in [0.717, 1.165) is 5.56 Å². The molecule has 0 saturated heterocycles. The summed E-state index contributed by atoms with van der Waals surface area (Å²) in [5.41, 5.74) is 2.04. The highest BCUT2D eigenvalue weighted by molar-refractivity contribution is 5.48. The van der Waals surface area contributed by atoms with Gasteiger partial charge in [0, 0.05) is 6.54 Å². The van der Waals surface area contributed by atoms with Gasteiger partial charge in [0.15, 0.2) is 5.82 Å². The van der Waals surface area contributed by atoms with Crippen LogP contribution in [0.3, 0.4) is 0 Å². The zero-order valence-corrected chi connectivity index (χ0v) is 10.4. The van der Waals surface area contributed by atoms with Crippen LogP contribution in [0.4, 0.5) is 5.82 Å². The highest BCUT2D eigenvalue weighted by Crippen LogP contribution is 2.15. The third-order valence-corrected chi connectivity index (χ3v) is 2.60. The molecule has 0 aliphatic rings. The average Bonchev–Trinajstić information content (AvgIpc) is 2.38. The van der Waals surface area contributed by atoms with Crippen LogP contribution in [0.25, 0.3) is 0 Å². The van der Waals surface area contributed by atoms with Gasteiger partial charge in [-0.3, -0.25) is 4.79 Å². The number of hydrogen-bond donors (Lipinski definition) is 2. The van der Waals surface area contributed by atoms with Gasteiger partial charge in [-0.05, 0) is 12.5 Å². The second-order valence-electron chi connectivity index (χ2n) is 3.95. The number of ether oxygens (including phenoxy) is 1. The highest BCUT2D eigenvalue weighted by atomic mass is 16.5. The van der Waals surface area contributed by atoms with Crippen molar-refractivity contribution in [1.29, 1.82) is 0 Å². The van der Waals surface area contributed by atoms with Crippen molar-refractivity contribution in [2.24, 2.45) is 0 Å². The molecule has 1 aromatic heterocycles. The number of H-pyrrole nitrogens is 1. The largest absolute Gasteiger partial charge is 0.489 e. The first kappa shape index (κ1) is 12.2. The molecule has 1 heterocycles. The second-order valence-corrected chi connectivity index (χ2v) is 3.95. The Hall–Kier alpha value is -2.30. The number of rotatable bonds is 4. The van der Waals surface area contributed by atoms with Gasteiger partial charge in [0.05, 0.1) is 13.4 Å². The van der Waals surface area contributed by atoms with E-state index in [1.165, 1.54) is 19.0 Å². The summed E-state index contributed by atoms with van der Waals surface area (Å²) < 4.78 is 5.01. The van der Waals surface area contributed by atoms with Gasteiger partial charge in [-0.1, -0.05) is 29.8 Å². The topological polar surface area (TPSA) is 67.0 Å². The first-order valence-electron chi connectivity index (χ1n) is 5.62. The molecule has 0 radical (unpaired) electrons. The summed E-state index contributed by atoms with van der Waals surface area (Å²) in [7, 11) is 1.45. The molecule has 0 unspecified atom stereocenters. The Labute approximate surface area is 105 Å². The van der Waals surface area contributed by atoms with E-state index in [-0.39, 0.29) is 11.3 Å². The average molecular weight is 245 g/mol. The number of methoxy groups -OCH3 is 1. The van der Waals surface area contributed by atoms with Crippen LogP contribution in [0.15, 0.2) is 35.4 Å². The molecule has 0 fully saturated rings. The first-order valence-corrected chi connectivity index (χ1v) is 5.62. The monoisotopic (exact) mass is 245 g/mol. The van der Waals surface area contributed by atoms with Gasteiger partial charge >= 0.3 is 0 Å². The first-order chi connectivity index (χ1) is 8.70. The van der Waals surface area contributed by atoms with Gasteiger partial charge in [0.1, 0.15) is 0 Å². The van der Waals surface area contributed by atoms with E-state index in [2.05, 4.69) is 15.3 Å². The molecule has 2 rings (SSSR count). The van der Waals surface area contributed by atoms with Crippen molar-refractivity contribution in [3.8, 4) is 5.75 Å². The molecule has 5 nitrogen and oxygen atoms in total. The Kier molecular flexibility index (Phi) is 3.62. The summed E-state index contributed by atoms with van der Waals surface area (Å²) in [6.07, 6.45) is 1.35. The van der Waals surface area contributed by atoms with Crippen LogP contribution in [0.1, 0.15) is 11.1 Å². The van der Waals surface area contributed by atoms with Crippen molar-refractivity contribution in [2.75, 3.05) is 12.4 Å². The molecular weight excluding hydrogens is 230 g/mol. The van der Waals surface area contributed by atoms with E-state index in [9.17, 15) is 4.79 Å². The molecule has 0 saturated carbocycles. The fourth-order valence-corrected chi connectivity index (χ4v) is 1.59. The van der Waals surface area contributed by atoms with Crippen molar-refractivity contribution in [3.63, 3.8) is 0 Å². The van der Waals surface area contributed by atoms with E-state index in [0.29, 0.717) is 12.4 Å². The Bertz CT molecular complexity index is 576. The quantitative estimate of drug-likeness (QED) is 0.860. The minimum atomic E-state index is -0.293. The van der Waals surface area contributed by atoms with E-state index in [1.807, 2.05) is 31.2 Å². The fourth-order valence-electron chi connectivity index (χ4n) is 1.59. The van der Waals surface area contributed by atoms with Crippen molar-refractivity contribution in [2.45, 2.75) is 13.5 Å². The minimum Gasteiger partial charge on any atom is -0.489 e. The zero-order chi connectivity index (χ0) is 13.0. The maximum Gasteiger partial charge on any atom is 0.295 e. The van der Waals surface area contributed by atoms with Crippen molar-refractivity contribution >= 4 is 5.82 Å². The number of nitrogens with zero attached hydrogens (tertiary/aromatic N) is 1. The lowest BCUT2D eigenvalue weighted by molar-refractivity contribution is 0.408. The summed E-state index contributed by atoms with van der Waals surface area (Å²) in [6.45, 7) is 2.63. The van der Waals surface area contributed by atoms with Gasteiger partial charge in [-0.15, -0.1) is 0 Å². The Balaban J connectivity index is 2.13. The summed E-state index contributed by atoms with van der Waals surface area (Å²) in [4.78, 5) is 18.0. The lowest BCUT2D eigenvalue weighted by Gasteiger charge is -2.08. The molecule has 5 heteroatoms. The number of aromatic amines is 1. The number of hydrogen-bond acceptors (Lipinski definition) is 4. The Morgan fingerprint density at radius 3 is 2.72 bits per heavy atom. The summed E-state index contributed by atoms with van der Waals surface area (Å²) in [5.74, 6) is 0.645.